The number of unbranched alkanes of at least 4 members (excludes halogenated alkanes) is 2. The smallest absolute Gasteiger partial charge is 0.150 e. The number of aldehydes is 1. The Bertz CT molecular complexity index is 584. The molecule has 0 heterocycles. The van der Waals surface area contributed by atoms with Crippen LogP contribution < -0.4 is 0 Å². The molecule has 0 saturated carbocycles. The van der Waals surface area contributed by atoms with Crippen molar-refractivity contribution in [2.24, 2.45) is 0 Å². The van der Waals surface area contributed by atoms with Crippen molar-refractivity contribution in [2.45, 2.75) is 52.4 Å². The van der Waals surface area contributed by atoms with Gasteiger partial charge in [-0.05, 0) is 53.6 Å². The fraction of sp³-hybridized carbons (Fsp3) is 0.421. The molecule has 0 aromatic heterocycles. The van der Waals surface area contributed by atoms with Crippen molar-refractivity contribution >= 4 is 17.1 Å². The predicted molar refractivity (Wildman–Crippen MR) is 86.6 cm³/mol. The third-order valence-corrected chi connectivity index (χ3v) is 3.91. The molecule has 0 N–H and O–H groups in total. The number of benzene rings is 2. The zero-order valence-electron chi connectivity index (χ0n) is 12.6. The molecular formula is C19H24O. The highest BCUT2D eigenvalue weighted by Crippen LogP contribution is 2.23. The zero-order valence-corrected chi connectivity index (χ0v) is 12.6. The summed E-state index contributed by atoms with van der Waals surface area (Å²) in [5.74, 6) is 0. The van der Waals surface area contributed by atoms with Crippen LogP contribution in [0.4, 0.5) is 0 Å². The van der Waals surface area contributed by atoms with Gasteiger partial charge in [0.2, 0.25) is 0 Å². The highest BCUT2D eigenvalue weighted by molar-refractivity contribution is 5.91. The van der Waals surface area contributed by atoms with Crippen LogP contribution in [0, 0.1) is 0 Å². The standard InChI is InChI=1S/C19H24O/c1-3-5-7-15-9-10-17-12-16(8-6-4-2)19(14-20)13-18(17)11-15/h9-14H,3-8H2,1-2H3. The Morgan fingerprint density at radius 1 is 0.900 bits per heavy atom. The first-order valence-corrected chi connectivity index (χ1v) is 7.79. The Balaban J connectivity index is 2.36. The van der Waals surface area contributed by atoms with E-state index in [1.165, 1.54) is 34.7 Å². The summed E-state index contributed by atoms with van der Waals surface area (Å²) in [5.41, 5.74) is 3.42. The van der Waals surface area contributed by atoms with E-state index in [0.717, 1.165) is 37.5 Å². The summed E-state index contributed by atoms with van der Waals surface area (Å²) in [6, 6.07) is 10.9. The van der Waals surface area contributed by atoms with Crippen LogP contribution in [0.5, 0.6) is 0 Å². The molecule has 0 spiro atoms. The highest BCUT2D eigenvalue weighted by Gasteiger charge is 2.05. The van der Waals surface area contributed by atoms with Crippen LogP contribution in [-0.2, 0) is 12.8 Å². The zero-order chi connectivity index (χ0) is 14.4. The molecule has 0 fully saturated rings. The molecule has 0 aliphatic rings. The predicted octanol–water partition coefficient (Wildman–Crippen LogP) is 5.34. The Morgan fingerprint density at radius 3 is 2.35 bits per heavy atom. The number of hydrogen-bond acceptors (Lipinski definition) is 1. The maximum absolute atomic E-state index is 11.3. The van der Waals surface area contributed by atoms with E-state index in [0.29, 0.717) is 0 Å². The average Bonchev–Trinajstić information content (AvgIpc) is 2.49. The summed E-state index contributed by atoms with van der Waals surface area (Å²) in [4.78, 5) is 11.3. The lowest BCUT2D eigenvalue weighted by atomic mass is 9.96. The Hall–Kier alpha value is -1.63. The van der Waals surface area contributed by atoms with Gasteiger partial charge in [-0.2, -0.15) is 0 Å². The largest absolute Gasteiger partial charge is 0.298 e. The SMILES string of the molecule is CCCCc1ccc2cc(CCCC)c(C=O)cc2c1. The molecule has 20 heavy (non-hydrogen) atoms. The minimum atomic E-state index is 0.860. The van der Waals surface area contributed by atoms with E-state index in [1.807, 2.05) is 0 Å². The van der Waals surface area contributed by atoms with E-state index in [4.69, 9.17) is 0 Å². The van der Waals surface area contributed by atoms with Crippen LogP contribution in [-0.4, -0.2) is 6.29 Å². The van der Waals surface area contributed by atoms with Crippen molar-refractivity contribution < 1.29 is 4.79 Å². The number of carbonyl (C=O) groups excluding carboxylic acids is 1. The molecule has 2 rings (SSSR count). The fourth-order valence-corrected chi connectivity index (χ4v) is 2.64. The molecule has 0 aliphatic carbocycles. The minimum absolute atomic E-state index is 0.860. The molecule has 0 amide bonds. The summed E-state index contributed by atoms with van der Waals surface area (Å²) in [6.45, 7) is 4.40. The van der Waals surface area contributed by atoms with Gasteiger partial charge in [0.05, 0.1) is 0 Å². The number of carbonyl (C=O) groups is 1. The van der Waals surface area contributed by atoms with Crippen molar-refractivity contribution in [3.63, 3.8) is 0 Å². The second kappa shape index (κ2) is 7.23. The van der Waals surface area contributed by atoms with Gasteiger partial charge in [0.1, 0.15) is 6.29 Å². The number of hydrogen-bond donors (Lipinski definition) is 0. The van der Waals surface area contributed by atoms with Crippen molar-refractivity contribution in [1.82, 2.24) is 0 Å². The highest BCUT2D eigenvalue weighted by atomic mass is 16.1. The van der Waals surface area contributed by atoms with Crippen LogP contribution in [0.15, 0.2) is 30.3 Å². The lowest BCUT2D eigenvalue weighted by molar-refractivity contribution is 0.112. The molecule has 0 radical (unpaired) electrons. The van der Waals surface area contributed by atoms with Gasteiger partial charge < -0.3 is 0 Å². The van der Waals surface area contributed by atoms with Gasteiger partial charge in [0.25, 0.3) is 0 Å². The van der Waals surface area contributed by atoms with E-state index in [1.54, 1.807) is 0 Å². The van der Waals surface area contributed by atoms with Gasteiger partial charge in [0.15, 0.2) is 0 Å². The first kappa shape index (κ1) is 14.8. The molecule has 0 aliphatic heterocycles. The van der Waals surface area contributed by atoms with Gasteiger partial charge in [-0.3, -0.25) is 4.79 Å². The Labute approximate surface area is 122 Å². The van der Waals surface area contributed by atoms with E-state index < -0.39 is 0 Å². The van der Waals surface area contributed by atoms with E-state index >= 15 is 0 Å². The van der Waals surface area contributed by atoms with Crippen molar-refractivity contribution in [3.8, 4) is 0 Å². The maximum Gasteiger partial charge on any atom is 0.150 e. The second-order valence-corrected chi connectivity index (χ2v) is 5.56. The number of aryl methyl sites for hydroxylation is 2. The topological polar surface area (TPSA) is 17.1 Å². The second-order valence-electron chi connectivity index (χ2n) is 5.56. The van der Waals surface area contributed by atoms with Gasteiger partial charge in [0, 0.05) is 5.56 Å². The number of fused-ring (bicyclic) bond motifs is 1. The Morgan fingerprint density at radius 2 is 1.65 bits per heavy atom. The quantitative estimate of drug-likeness (QED) is 0.620. The summed E-state index contributed by atoms with van der Waals surface area (Å²) in [7, 11) is 0. The maximum atomic E-state index is 11.3. The summed E-state index contributed by atoms with van der Waals surface area (Å²) in [5, 5.41) is 2.45. The molecular weight excluding hydrogens is 244 g/mol. The van der Waals surface area contributed by atoms with E-state index in [2.05, 4.69) is 44.2 Å². The molecule has 0 atom stereocenters. The lowest BCUT2D eigenvalue weighted by Crippen LogP contribution is -1.94. The van der Waals surface area contributed by atoms with E-state index in [-0.39, 0.29) is 0 Å². The minimum Gasteiger partial charge on any atom is -0.298 e. The Kier molecular flexibility index (Phi) is 5.34. The first-order chi connectivity index (χ1) is 9.78. The normalized spacial score (nSPS) is 10.9. The van der Waals surface area contributed by atoms with Gasteiger partial charge in [-0.1, -0.05) is 51.0 Å². The summed E-state index contributed by atoms with van der Waals surface area (Å²) >= 11 is 0. The van der Waals surface area contributed by atoms with Crippen LogP contribution in [0.25, 0.3) is 10.8 Å². The molecule has 2 aromatic carbocycles. The first-order valence-electron chi connectivity index (χ1n) is 7.79. The molecule has 1 heteroatoms. The summed E-state index contributed by atoms with van der Waals surface area (Å²) in [6.07, 6.45) is 7.86. The molecule has 0 saturated heterocycles. The molecule has 0 bridgehead atoms. The molecule has 106 valence electrons. The van der Waals surface area contributed by atoms with Gasteiger partial charge in [-0.15, -0.1) is 0 Å². The van der Waals surface area contributed by atoms with Gasteiger partial charge in [-0.25, -0.2) is 0 Å². The third kappa shape index (κ3) is 3.47. The molecule has 0 unspecified atom stereocenters. The van der Waals surface area contributed by atoms with Crippen LogP contribution in [0.2, 0.25) is 0 Å². The number of rotatable bonds is 7. The average molecular weight is 268 g/mol. The van der Waals surface area contributed by atoms with E-state index in [9.17, 15) is 4.79 Å². The van der Waals surface area contributed by atoms with Gasteiger partial charge >= 0.3 is 0 Å². The van der Waals surface area contributed by atoms with Crippen LogP contribution >= 0.6 is 0 Å². The summed E-state index contributed by atoms with van der Waals surface area (Å²) < 4.78 is 0. The monoisotopic (exact) mass is 268 g/mol. The van der Waals surface area contributed by atoms with Crippen molar-refractivity contribution in [3.05, 3.63) is 47.0 Å². The van der Waals surface area contributed by atoms with Crippen LogP contribution in [0.3, 0.4) is 0 Å². The molecule has 1 nitrogen and oxygen atoms in total. The fourth-order valence-electron chi connectivity index (χ4n) is 2.64. The van der Waals surface area contributed by atoms with Crippen molar-refractivity contribution in [1.29, 1.82) is 0 Å². The van der Waals surface area contributed by atoms with Crippen LogP contribution in [0.1, 0.15) is 61.0 Å². The lowest BCUT2D eigenvalue weighted by Gasteiger charge is -2.09. The third-order valence-electron chi connectivity index (χ3n) is 3.91. The molecule has 2 aromatic rings. The van der Waals surface area contributed by atoms with Crippen molar-refractivity contribution in [2.75, 3.05) is 0 Å².